The highest BCUT2D eigenvalue weighted by molar-refractivity contribution is 5.82. The number of carbonyl (C=O) groups is 1. The summed E-state index contributed by atoms with van der Waals surface area (Å²) in [5, 5.41) is 17.6. The van der Waals surface area contributed by atoms with Crippen molar-refractivity contribution in [2.45, 2.75) is 31.3 Å². The van der Waals surface area contributed by atoms with Gasteiger partial charge in [0, 0.05) is 12.5 Å². The maximum Gasteiger partial charge on any atom is 0.509 e. The third-order valence-electron chi connectivity index (χ3n) is 3.66. The molecule has 136 valence electrons. The number of carboxylic acid groups (broad SMARTS) is 1. The minimum Gasteiger partial charge on any atom is -0.450 e. The van der Waals surface area contributed by atoms with Crippen molar-refractivity contribution in [2.75, 3.05) is 18.1 Å². The van der Waals surface area contributed by atoms with Gasteiger partial charge in [0.2, 0.25) is 5.95 Å². The number of aliphatic hydroxyl groups is 1. The van der Waals surface area contributed by atoms with E-state index in [1.165, 1.54) is 6.33 Å². The molecule has 4 atom stereocenters. The second-order valence-corrected chi connectivity index (χ2v) is 5.34. The first-order valence-electron chi connectivity index (χ1n) is 7.21. The molecule has 0 radical (unpaired) electrons. The quantitative estimate of drug-likeness (QED) is 0.310. The number of rotatable bonds is 5. The van der Waals surface area contributed by atoms with Gasteiger partial charge in [0.15, 0.2) is 11.5 Å². The number of anilines is 2. The number of nitrogens with zero attached hydrogens (tertiary/aromatic N) is 4. The molecule has 0 spiro atoms. The predicted octanol–water partition coefficient (Wildman–Crippen LogP) is -1.41. The smallest absolute Gasteiger partial charge is 0.450 e. The molecule has 4 unspecified atom stereocenters. The fraction of sp³-hybridized carbons (Fsp3) is 0.500. The van der Waals surface area contributed by atoms with E-state index in [-0.39, 0.29) is 18.4 Å². The number of nitrogens with two attached hydrogens (primary N) is 3. The van der Waals surface area contributed by atoms with Crippen LogP contribution in [0.25, 0.3) is 11.2 Å². The molecule has 0 amide bonds. The van der Waals surface area contributed by atoms with Crippen molar-refractivity contribution in [2.24, 2.45) is 5.73 Å². The molecule has 25 heavy (non-hydrogen) atoms. The summed E-state index contributed by atoms with van der Waals surface area (Å²) < 4.78 is 16.3. The molecule has 13 nitrogen and oxygen atoms in total. The highest BCUT2D eigenvalue weighted by atomic mass is 16.8. The fourth-order valence-electron chi connectivity index (χ4n) is 2.55. The second kappa shape index (κ2) is 6.64. The molecule has 3 heterocycles. The maximum absolute atomic E-state index is 10.3. The fourth-order valence-corrected chi connectivity index (χ4v) is 2.55. The highest BCUT2D eigenvalue weighted by Gasteiger charge is 2.35. The SMILES string of the molecule is Nc1nc(N)c2ncn(C3CC(N)C(COC(O)OC(=O)O)O3)c2n1. The van der Waals surface area contributed by atoms with Crippen molar-refractivity contribution < 1.29 is 29.2 Å². The van der Waals surface area contributed by atoms with Gasteiger partial charge < -0.3 is 41.6 Å². The van der Waals surface area contributed by atoms with Gasteiger partial charge in [-0.05, 0) is 0 Å². The number of hydrogen-bond donors (Lipinski definition) is 5. The summed E-state index contributed by atoms with van der Waals surface area (Å²) >= 11 is 0. The summed E-state index contributed by atoms with van der Waals surface area (Å²) in [7, 11) is 0. The third-order valence-corrected chi connectivity index (χ3v) is 3.66. The van der Waals surface area contributed by atoms with E-state index in [0.717, 1.165) is 0 Å². The van der Waals surface area contributed by atoms with E-state index in [2.05, 4.69) is 19.7 Å². The first-order chi connectivity index (χ1) is 11.8. The van der Waals surface area contributed by atoms with Gasteiger partial charge in [0.25, 0.3) is 0 Å². The minimum atomic E-state index is -1.92. The van der Waals surface area contributed by atoms with Gasteiger partial charge in [0.1, 0.15) is 11.7 Å². The maximum atomic E-state index is 10.3. The molecular formula is C12H17N7O6. The first kappa shape index (κ1) is 17.1. The summed E-state index contributed by atoms with van der Waals surface area (Å²) in [6, 6.07) is -0.434. The van der Waals surface area contributed by atoms with Crippen molar-refractivity contribution >= 4 is 29.1 Å². The summed E-state index contributed by atoms with van der Waals surface area (Å²) in [6.45, 7) is -2.09. The van der Waals surface area contributed by atoms with Crippen molar-refractivity contribution in [1.82, 2.24) is 19.5 Å². The molecule has 1 fully saturated rings. The Morgan fingerprint density at radius 1 is 1.48 bits per heavy atom. The zero-order valence-electron chi connectivity index (χ0n) is 12.8. The van der Waals surface area contributed by atoms with Gasteiger partial charge in [-0.2, -0.15) is 9.97 Å². The number of aliphatic hydroxyl groups excluding tert-OH is 1. The molecule has 2 aromatic heterocycles. The molecule has 1 aliphatic heterocycles. The summed E-state index contributed by atoms with van der Waals surface area (Å²) in [5.74, 6) is 0.153. The molecule has 0 aliphatic carbocycles. The number of aromatic nitrogens is 4. The Morgan fingerprint density at radius 3 is 2.96 bits per heavy atom. The molecular weight excluding hydrogens is 338 g/mol. The third kappa shape index (κ3) is 3.53. The summed E-state index contributed by atoms with van der Waals surface area (Å²) in [4.78, 5) is 22.4. The Morgan fingerprint density at radius 2 is 2.24 bits per heavy atom. The number of hydrogen-bond acceptors (Lipinski definition) is 11. The van der Waals surface area contributed by atoms with Crippen LogP contribution in [0.1, 0.15) is 12.6 Å². The molecule has 1 saturated heterocycles. The van der Waals surface area contributed by atoms with Crippen molar-refractivity contribution in [1.29, 1.82) is 0 Å². The average Bonchev–Trinajstić information content (AvgIpc) is 3.08. The largest absolute Gasteiger partial charge is 0.509 e. The Bertz CT molecular complexity index is 783. The molecule has 3 rings (SSSR count). The molecule has 0 aromatic carbocycles. The lowest BCUT2D eigenvalue weighted by molar-refractivity contribution is -0.249. The lowest BCUT2D eigenvalue weighted by Gasteiger charge is -2.18. The van der Waals surface area contributed by atoms with Crippen LogP contribution in [0.15, 0.2) is 6.33 Å². The lowest BCUT2D eigenvalue weighted by atomic mass is 10.1. The number of imidazole rings is 1. The normalized spacial score (nSPS) is 24.5. The Hall–Kier alpha value is -2.74. The van der Waals surface area contributed by atoms with Gasteiger partial charge in [-0.15, -0.1) is 0 Å². The van der Waals surface area contributed by atoms with Crippen LogP contribution in [-0.4, -0.2) is 61.1 Å². The van der Waals surface area contributed by atoms with E-state index in [1.54, 1.807) is 4.57 Å². The van der Waals surface area contributed by atoms with Gasteiger partial charge in [0.05, 0.1) is 19.0 Å². The monoisotopic (exact) mass is 355 g/mol. The van der Waals surface area contributed by atoms with Crippen molar-refractivity contribution in [3.63, 3.8) is 0 Å². The van der Waals surface area contributed by atoms with Gasteiger partial charge in [-0.3, -0.25) is 4.57 Å². The van der Waals surface area contributed by atoms with Crippen LogP contribution in [0, 0.1) is 0 Å². The van der Waals surface area contributed by atoms with Gasteiger partial charge in [-0.1, -0.05) is 0 Å². The van der Waals surface area contributed by atoms with E-state index in [9.17, 15) is 9.90 Å². The average molecular weight is 355 g/mol. The van der Waals surface area contributed by atoms with Crippen LogP contribution >= 0.6 is 0 Å². The molecule has 0 saturated carbocycles. The second-order valence-electron chi connectivity index (χ2n) is 5.34. The van der Waals surface area contributed by atoms with E-state index in [4.69, 9.17) is 31.8 Å². The zero-order chi connectivity index (χ0) is 18.1. The van der Waals surface area contributed by atoms with Crippen LogP contribution in [0.4, 0.5) is 16.6 Å². The highest BCUT2D eigenvalue weighted by Crippen LogP contribution is 2.31. The summed E-state index contributed by atoms with van der Waals surface area (Å²) in [6.07, 6.45) is -0.898. The number of nitrogen functional groups attached to an aromatic ring is 2. The topological polar surface area (TPSA) is 207 Å². The molecule has 8 N–H and O–H groups in total. The van der Waals surface area contributed by atoms with Crippen LogP contribution < -0.4 is 17.2 Å². The van der Waals surface area contributed by atoms with Gasteiger partial charge >= 0.3 is 12.6 Å². The number of fused-ring (bicyclic) bond motifs is 1. The van der Waals surface area contributed by atoms with Crippen LogP contribution in [0.3, 0.4) is 0 Å². The van der Waals surface area contributed by atoms with Crippen LogP contribution in [0.2, 0.25) is 0 Å². The van der Waals surface area contributed by atoms with E-state index >= 15 is 0 Å². The van der Waals surface area contributed by atoms with Gasteiger partial charge in [-0.25, -0.2) is 9.78 Å². The van der Waals surface area contributed by atoms with Crippen LogP contribution in [0.5, 0.6) is 0 Å². The summed E-state index contributed by atoms with van der Waals surface area (Å²) in [5.41, 5.74) is 18.2. The van der Waals surface area contributed by atoms with E-state index in [0.29, 0.717) is 17.6 Å². The Balaban J connectivity index is 1.70. The Kier molecular flexibility index (Phi) is 4.54. The first-order valence-corrected chi connectivity index (χ1v) is 7.21. The predicted molar refractivity (Wildman–Crippen MR) is 81.7 cm³/mol. The standard InChI is InChI=1S/C12H17N7O6/c13-4-1-6(24-5(4)2-23-12(22)25-11(20)21)19-3-16-7-8(14)17-10(15)18-9(7)19/h3-6,12,22H,1-2,13H2,(H,20,21)(H4,14,15,17,18). The number of ether oxygens (including phenoxy) is 3. The van der Waals surface area contributed by atoms with E-state index in [1.807, 2.05) is 0 Å². The molecule has 2 aromatic rings. The molecule has 13 heteroatoms. The van der Waals surface area contributed by atoms with E-state index < -0.39 is 31.0 Å². The Labute approximate surface area is 140 Å². The lowest BCUT2D eigenvalue weighted by Crippen LogP contribution is -2.36. The van der Waals surface area contributed by atoms with Crippen molar-refractivity contribution in [3.8, 4) is 0 Å². The minimum absolute atomic E-state index is 0.00266. The van der Waals surface area contributed by atoms with Crippen molar-refractivity contribution in [3.05, 3.63) is 6.33 Å². The molecule has 0 bridgehead atoms. The zero-order valence-corrected chi connectivity index (χ0v) is 12.8. The molecule has 1 aliphatic rings. The van der Waals surface area contributed by atoms with Crippen LogP contribution in [-0.2, 0) is 14.2 Å².